The minimum absolute atomic E-state index is 0.0157. The van der Waals surface area contributed by atoms with E-state index in [1.807, 2.05) is 25.8 Å². The Morgan fingerprint density at radius 1 is 1.36 bits per heavy atom. The number of thiophene rings is 1. The Morgan fingerprint density at radius 3 is 2.82 bits per heavy atom. The average Bonchev–Trinajstić information content (AvgIpc) is 3.20. The SMILES string of the molecule is CCc1c(C)sc2ncn(C3CCCN(C(=O)c4cnn(C)c4C)C3)c(=O)c12. The Labute approximate surface area is 167 Å². The van der Waals surface area contributed by atoms with Gasteiger partial charge in [0.05, 0.1) is 29.5 Å². The second-order valence-corrected chi connectivity index (χ2v) is 8.65. The highest BCUT2D eigenvalue weighted by Gasteiger charge is 2.28. The van der Waals surface area contributed by atoms with Gasteiger partial charge in [0.15, 0.2) is 0 Å². The molecule has 28 heavy (non-hydrogen) atoms. The monoisotopic (exact) mass is 399 g/mol. The van der Waals surface area contributed by atoms with E-state index in [0.29, 0.717) is 18.7 Å². The number of carbonyl (C=O) groups is 1. The summed E-state index contributed by atoms with van der Waals surface area (Å²) >= 11 is 1.58. The van der Waals surface area contributed by atoms with E-state index in [9.17, 15) is 9.59 Å². The minimum atomic E-state index is -0.0519. The molecule has 0 aromatic carbocycles. The highest BCUT2D eigenvalue weighted by molar-refractivity contribution is 7.18. The summed E-state index contributed by atoms with van der Waals surface area (Å²) in [6.45, 7) is 7.24. The van der Waals surface area contributed by atoms with Gasteiger partial charge in [-0.2, -0.15) is 5.10 Å². The normalized spacial score (nSPS) is 17.4. The topological polar surface area (TPSA) is 73.0 Å². The number of aromatic nitrogens is 4. The summed E-state index contributed by atoms with van der Waals surface area (Å²) in [6.07, 6.45) is 5.84. The number of likely N-dealkylation sites (tertiary alicyclic amines) is 1. The van der Waals surface area contributed by atoms with E-state index >= 15 is 0 Å². The molecule has 1 unspecified atom stereocenters. The van der Waals surface area contributed by atoms with Gasteiger partial charge in [-0.05, 0) is 38.7 Å². The summed E-state index contributed by atoms with van der Waals surface area (Å²) in [5.74, 6) is -0.0157. The minimum Gasteiger partial charge on any atom is -0.336 e. The Morgan fingerprint density at radius 2 is 2.14 bits per heavy atom. The van der Waals surface area contributed by atoms with Crippen LogP contribution in [0.4, 0.5) is 0 Å². The van der Waals surface area contributed by atoms with Crippen molar-refractivity contribution in [1.29, 1.82) is 0 Å². The molecule has 4 rings (SSSR count). The quantitative estimate of drug-likeness (QED) is 0.679. The summed E-state index contributed by atoms with van der Waals surface area (Å²) in [7, 11) is 1.83. The number of nitrogens with zero attached hydrogens (tertiary/aromatic N) is 5. The maximum absolute atomic E-state index is 13.2. The Hall–Kier alpha value is -2.48. The van der Waals surface area contributed by atoms with Crippen molar-refractivity contribution < 1.29 is 4.79 Å². The molecule has 0 bridgehead atoms. The van der Waals surface area contributed by atoms with Crippen LogP contribution in [0.2, 0.25) is 0 Å². The first-order valence-electron chi connectivity index (χ1n) is 9.69. The van der Waals surface area contributed by atoms with Gasteiger partial charge >= 0.3 is 0 Å². The van der Waals surface area contributed by atoms with Crippen molar-refractivity contribution in [2.24, 2.45) is 7.05 Å². The lowest BCUT2D eigenvalue weighted by atomic mass is 10.0. The van der Waals surface area contributed by atoms with Gasteiger partial charge in [0.2, 0.25) is 0 Å². The predicted molar refractivity (Wildman–Crippen MR) is 110 cm³/mol. The van der Waals surface area contributed by atoms with Gasteiger partial charge in [-0.1, -0.05) is 6.92 Å². The van der Waals surface area contributed by atoms with Crippen molar-refractivity contribution in [2.75, 3.05) is 13.1 Å². The van der Waals surface area contributed by atoms with Crippen molar-refractivity contribution in [3.05, 3.63) is 44.6 Å². The highest BCUT2D eigenvalue weighted by Crippen LogP contribution is 2.28. The lowest BCUT2D eigenvalue weighted by Crippen LogP contribution is -2.43. The summed E-state index contributed by atoms with van der Waals surface area (Å²) < 4.78 is 3.45. The van der Waals surface area contributed by atoms with Gasteiger partial charge in [0, 0.05) is 30.7 Å². The Bertz CT molecular complexity index is 1110. The van der Waals surface area contributed by atoms with Crippen molar-refractivity contribution in [1.82, 2.24) is 24.2 Å². The molecule has 3 aromatic heterocycles. The molecule has 1 aliphatic heterocycles. The van der Waals surface area contributed by atoms with Crippen molar-refractivity contribution in [3.63, 3.8) is 0 Å². The van der Waals surface area contributed by atoms with E-state index in [1.165, 1.54) is 0 Å². The van der Waals surface area contributed by atoms with Gasteiger partial charge in [0.1, 0.15) is 4.83 Å². The average molecular weight is 400 g/mol. The summed E-state index contributed by atoms with van der Waals surface area (Å²) in [5, 5.41) is 4.93. The molecule has 0 saturated carbocycles. The van der Waals surface area contributed by atoms with Crippen molar-refractivity contribution >= 4 is 27.5 Å². The van der Waals surface area contributed by atoms with E-state index in [2.05, 4.69) is 17.0 Å². The molecular weight excluding hydrogens is 374 g/mol. The van der Waals surface area contributed by atoms with Crippen molar-refractivity contribution in [3.8, 4) is 0 Å². The molecule has 0 radical (unpaired) electrons. The number of hydrogen-bond acceptors (Lipinski definition) is 5. The number of aryl methyl sites for hydroxylation is 3. The third kappa shape index (κ3) is 2.96. The van der Waals surface area contributed by atoms with Crippen LogP contribution in [0, 0.1) is 13.8 Å². The van der Waals surface area contributed by atoms with E-state index < -0.39 is 0 Å². The van der Waals surface area contributed by atoms with Crippen LogP contribution in [0.5, 0.6) is 0 Å². The Kier molecular flexibility index (Phi) is 4.82. The largest absolute Gasteiger partial charge is 0.336 e. The van der Waals surface area contributed by atoms with E-state index in [4.69, 9.17) is 0 Å². The molecule has 1 saturated heterocycles. The fourth-order valence-electron chi connectivity index (χ4n) is 4.10. The third-order valence-corrected chi connectivity index (χ3v) is 6.89. The zero-order valence-corrected chi connectivity index (χ0v) is 17.5. The van der Waals surface area contributed by atoms with Crippen LogP contribution in [0.3, 0.4) is 0 Å². The molecule has 1 fully saturated rings. The highest BCUT2D eigenvalue weighted by atomic mass is 32.1. The molecule has 148 valence electrons. The van der Waals surface area contributed by atoms with Crippen LogP contribution in [0.1, 0.15) is 52.3 Å². The zero-order valence-electron chi connectivity index (χ0n) is 16.7. The number of carbonyl (C=O) groups excluding carboxylic acids is 1. The standard InChI is InChI=1S/C20H25N5O2S/c1-5-15-13(3)28-18-17(15)20(27)25(11-21-18)14-7-6-8-24(10-14)19(26)16-9-22-23(4)12(16)2/h9,11,14H,5-8,10H2,1-4H3. The first-order valence-corrected chi connectivity index (χ1v) is 10.5. The second-order valence-electron chi connectivity index (χ2n) is 7.44. The van der Waals surface area contributed by atoms with E-state index in [1.54, 1.807) is 33.1 Å². The van der Waals surface area contributed by atoms with Crippen LogP contribution in [-0.2, 0) is 13.5 Å². The van der Waals surface area contributed by atoms with Gasteiger partial charge in [-0.3, -0.25) is 18.8 Å². The lowest BCUT2D eigenvalue weighted by molar-refractivity contribution is 0.0676. The number of hydrogen-bond donors (Lipinski definition) is 0. The summed E-state index contributed by atoms with van der Waals surface area (Å²) in [5.41, 5.74) is 2.60. The molecular formula is C20H25N5O2S. The number of fused-ring (bicyclic) bond motifs is 1. The summed E-state index contributed by atoms with van der Waals surface area (Å²) in [6, 6.07) is -0.0519. The maximum Gasteiger partial charge on any atom is 0.262 e. The second kappa shape index (κ2) is 7.16. The molecule has 0 aliphatic carbocycles. The van der Waals surface area contributed by atoms with Gasteiger partial charge in [0.25, 0.3) is 11.5 Å². The van der Waals surface area contributed by atoms with Gasteiger partial charge in [-0.25, -0.2) is 4.98 Å². The number of rotatable bonds is 3. The van der Waals surface area contributed by atoms with Crippen LogP contribution in [-0.4, -0.2) is 43.2 Å². The van der Waals surface area contributed by atoms with Crippen LogP contribution < -0.4 is 5.56 Å². The molecule has 0 spiro atoms. The first-order chi connectivity index (χ1) is 13.4. The molecule has 1 atom stereocenters. The van der Waals surface area contributed by atoms with Crippen LogP contribution in [0.25, 0.3) is 10.2 Å². The maximum atomic E-state index is 13.2. The number of piperidine rings is 1. The fourth-order valence-corrected chi connectivity index (χ4v) is 5.17. The zero-order chi connectivity index (χ0) is 20.0. The molecule has 3 aromatic rings. The predicted octanol–water partition coefficient (Wildman–Crippen LogP) is 2.85. The smallest absolute Gasteiger partial charge is 0.262 e. The molecule has 4 heterocycles. The van der Waals surface area contributed by atoms with E-state index in [0.717, 1.165) is 45.6 Å². The third-order valence-electron chi connectivity index (χ3n) is 5.83. The molecule has 1 amide bonds. The molecule has 7 nitrogen and oxygen atoms in total. The van der Waals surface area contributed by atoms with E-state index in [-0.39, 0.29) is 17.5 Å². The molecule has 8 heteroatoms. The molecule has 0 N–H and O–H groups in total. The number of amides is 1. The van der Waals surface area contributed by atoms with Gasteiger partial charge in [-0.15, -0.1) is 11.3 Å². The molecule has 1 aliphatic rings. The Balaban J connectivity index is 1.67. The fraction of sp³-hybridized carbons (Fsp3) is 0.500. The van der Waals surface area contributed by atoms with Crippen LogP contribution >= 0.6 is 11.3 Å². The van der Waals surface area contributed by atoms with Crippen LogP contribution in [0.15, 0.2) is 17.3 Å². The van der Waals surface area contributed by atoms with Gasteiger partial charge < -0.3 is 4.90 Å². The summed E-state index contributed by atoms with van der Waals surface area (Å²) in [4.78, 5) is 34.6. The lowest BCUT2D eigenvalue weighted by Gasteiger charge is -2.33. The first kappa shape index (κ1) is 18.9. The van der Waals surface area contributed by atoms with Crippen molar-refractivity contribution in [2.45, 2.75) is 46.1 Å².